The topological polar surface area (TPSA) is 55.1 Å². The first-order valence-corrected chi connectivity index (χ1v) is 7.55. The highest BCUT2D eigenvalue weighted by Crippen LogP contribution is 2.40. The number of hydrogen-bond donors (Lipinski definition) is 2. The molecule has 3 nitrogen and oxygen atoms in total. The molecule has 2 aliphatic carbocycles. The molecule has 2 rings (SSSR count). The van der Waals surface area contributed by atoms with Crippen molar-refractivity contribution in [2.24, 2.45) is 17.1 Å². The lowest BCUT2D eigenvalue weighted by Gasteiger charge is -2.38. The summed E-state index contributed by atoms with van der Waals surface area (Å²) in [4.78, 5) is 12.4. The lowest BCUT2D eigenvalue weighted by Crippen LogP contribution is -2.47. The molecule has 2 fully saturated rings. The predicted octanol–water partition coefficient (Wildman–Crippen LogP) is 2.59. The molecule has 0 aromatic heterocycles. The van der Waals surface area contributed by atoms with E-state index in [1.54, 1.807) is 0 Å². The highest BCUT2D eigenvalue weighted by molar-refractivity contribution is 5.79. The molecule has 0 spiro atoms. The van der Waals surface area contributed by atoms with Gasteiger partial charge in [0.05, 0.1) is 0 Å². The number of carbonyl (C=O) groups excluding carboxylic acids is 1. The number of hydrogen-bond acceptors (Lipinski definition) is 2. The molecule has 3 N–H and O–H groups in total. The van der Waals surface area contributed by atoms with Crippen LogP contribution in [0.3, 0.4) is 0 Å². The number of nitrogens with one attached hydrogen (secondary N) is 1. The van der Waals surface area contributed by atoms with Gasteiger partial charge in [-0.3, -0.25) is 4.79 Å². The van der Waals surface area contributed by atoms with E-state index in [0.29, 0.717) is 18.0 Å². The molecule has 0 saturated heterocycles. The molecule has 18 heavy (non-hydrogen) atoms. The van der Waals surface area contributed by atoms with E-state index >= 15 is 0 Å². The maximum atomic E-state index is 12.4. The second-order valence-corrected chi connectivity index (χ2v) is 6.91. The summed E-state index contributed by atoms with van der Waals surface area (Å²) in [7, 11) is 0. The average Bonchev–Trinajstić information content (AvgIpc) is 2.31. The maximum absolute atomic E-state index is 12.4. The zero-order valence-corrected chi connectivity index (χ0v) is 11.9. The van der Waals surface area contributed by atoms with Gasteiger partial charge in [-0.1, -0.05) is 26.7 Å². The maximum Gasteiger partial charge on any atom is 0.223 e. The Hall–Kier alpha value is -0.570. The second kappa shape index (κ2) is 5.60. The fourth-order valence-electron chi connectivity index (χ4n) is 3.55. The van der Waals surface area contributed by atoms with Crippen LogP contribution >= 0.6 is 0 Å². The van der Waals surface area contributed by atoms with Crippen LogP contribution in [0.4, 0.5) is 0 Å². The summed E-state index contributed by atoms with van der Waals surface area (Å²) >= 11 is 0. The van der Waals surface area contributed by atoms with Crippen LogP contribution < -0.4 is 11.1 Å². The normalized spacial score (nSPS) is 36.1. The SMILES string of the molecule is CC1(C)CCCCC1C(=O)NC1CCC(N)CC1. The lowest BCUT2D eigenvalue weighted by molar-refractivity contribution is -0.131. The van der Waals surface area contributed by atoms with Gasteiger partial charge in [-0.15, -0.1) is 0 Å². The van der Waals surface area contributed by atoms with Crippen molar-refractivity contribution in [3.8, 4) is 0 Å². The van der Waals surface area contributed by atoms with Crippen molar-refractivity contribution in [3.63, 3.8) is 0 Å². The van der Waals surface area contributed by atoms with Crippen molar-refractivity contribution in [2.45, 2.75) is 77.3 Å². The molecule has 0 bridgehead atoms. The smallest absolute Gasteiger partial charge is 0.223 e. The fourth-order valence-corrected chi connectivity index (χ4v) is 3.55. The van der Waals surface area contributed by atoms with Gasteiger partial charge in [0.15, 0.2) is 0 Å². The van der Waals surface area contributed by atoms with Crippen molar-refractivity contribution in [1.82, 2.24) is 5.32 Å². The van der Waals surface area contributed by atoms with E-state index in [1.807, 2.05) is 0 Å². The van der Waals surface area contributed by atoms with E-state index < -0.39 is 0 Å². The molecule has 0 aliphatic heterocycles. The highest BCUT2D eigenvalue weighted by Gasteiger charge is 2.37. The van der Waals surface area contributed by atoms with E-state index in [9.17, 15) is 4.79 Å². The molecule has 104 valence electrons. The van der Waals surface area contributed by atoms with Gasteiger partial charge in [0.1, 0.15) is 0 Å². The zero-order chi connectivity index (χ0) is 13.2. The van der Waals surface area contributed by atoms with Crippen molar-refractivity contribution >= 4 is 5.91 Å². The van der Waals surface area contributed by atoms with Crippen LogP contribution in [0.25, 0.3) is 0 Å². The van der Waals surface area contributed by atoms with Crippen molar-refractivity contribution in [1.29, 1.82) is 0 Å². The molecule has 0 radical (unpaired) electrons. The number of carbonyl (C=O) groups is 1. The minimum atomic E-state index is 0.174. The van der Waals surface area contributed by atoms with Crippen molar-refractivity contribution in [2.75, 3.05) is 0 Å². The van der Waals surface area contributed by atoms with Gasteiger partial charge in [-0.05, 0) is 43.9 Å². The Balaban J connectivity index is 1.87. The summed E-state index contributed by atoms with van der Waals surface area (Å²) < 4.78 is 0. The summed E-state index contributed by atoms with van der Waals surface area (Å²) in [6.07, 6.45) is 8.94. The largest absolute Gasteiger partial charge is 0.353 e. The summed E-state index contributed by atoms with van der Waals surface area (Å²) in [6, 6.07) is 0.722. The van der Waals surface area contributed by atoms with Crippen molar-refractivity contribution in [3.05, 3.63) is 0 Å². The Kier molecular flexibility index (Phi) is 4.31. The molecular weight excluding hydrogens is 224 g/mol. The quantitative estimate of drug-likeness (QED) is 0.793. The monoisotopic (exact) mass is 252 g/mol. The fraction of sp³-hybridized carbons (Fsp3) is 0.933. The second-order valence-electron chi connectivity index (χ2n) is 6.91. The van der Waals surface area contributed by atoms with Gasteiger partial charge >= 0.3 is 0 Å². The van der Waals surface area contributed by atoms with Crippen LogP contribution in [-0.2, 0) is 4.79 Å². The number of nitrogens with two attached hydrogens (primary N) is 1. The summed E-state index contributed by atoms with van der Waals surface area (Å²) in [5, 5.41) is 3.27. The van der Waals surface area contributed by atoms with Gasteiger partial charge in [0.2, 0.25) is 5.91 Å². The van der Waals surface area contributed by atoms with Gasteiger partial charge in [0.25, 0.3) is 0 Å². The van der Waals surface area contributed by atoms with Crippen LogP contribution in [0.2, 0.25) is 0 Å². The van der Waals surface area contributed by atoms with E-state index in [1.165, 1.54) is 19.3 Å². The molecule has 2 saturated carbocycles. The molecule has 1 unspecified atom stereocenters. The molecule has 2 aliphatic rings. The summed E-state index contributed by atoms with van der Waals surface area (Å²) in [5.41, 5.74) is 6.07. The van der Waals surface area contributed by atoms with Crippen molar-refractivity contribution < 1.29 is 4.79 Å². The Labute approximate surface area is 111 Å². The summed E-state index contributed by atoms with van der Waals surface area (Å²) in [6.45, 7) is 4.49. The Bertz CT molecular complexity index is 293. The van der Waals surface area contributed by atoms with Gasteiger partial charge in [-0.2, -0.15) is 0 Å². The predicted molar refractivity (Wildman–Crippen MR) is 74.1 cm³/mol. The molecule has 1 amide bonds. The third-order valence-electron chi connectivity index (χ3n) is 4.94. The van der Waals surface area contributed by atoms with Crippen LogP contribution in [0.1, 0.15) is 65.2 Å². The zero-order valence-electron chi connectivity index (χ0n) is 11.9. The van der Waals surface area contributed by atoms with E-state index in [4.69, 9.17) is 5.73 Å². The lowest BCUT2D eigenvalue weighted by atomic mass is 9.68. The van der Waals surface area contributed by atoms with Crippen LogP contribution in [0.15, 0.2) is 0 Å². The molecule has 0 aromatic carbocycles. The Morgan fingerprint density at radius 1 is 1.11 bits per heavy atom. The van der Waals surface area contributed by atoms with E-state index in [2.05, 4.69) is 19.2 Å². The third-order valence-corrected chi connectivity index (χ3v) is 4.94. The molecule has 1 atom stereocenters. The molecular formula is C15H28N2O. The molecule has 3 heteroatoms. The van der Waals surface area contributed by atoms with Gasteiger partial charge in [0, 0.05) is 18.0 Å². The third kappa shape index (κ3) is 3.25. The Morgan fingerprint density at radius 2 is 1.78 bits per heavy atom. The number of amides is 1. The number of rotatable bonds is 2. The van der Waals surface area contributed by atoms with Crippen LogP contribution in [0.5, 0.6) is 0 Å². The summed E-state index contributed by atoms with van der Waals surface area (Å²) in [5.74, 6) is 0.502. The minimum absolute atomic E-state index is 0.174. The standard InChI is InChI=1S/C15H28N2O/c1-15(2)10-4-3-5-13(15)14(18)17-12-8-6-11(16)7-9-12/h11-13H,3-10,16H2,1-2H3,(H,17,18). The van der Waals surface area contributed by atoms with Gasteiger partial charge in [-0.25, -0.2) is 0 Å². The van der Waals surface area contributed by atoms with Gasteiger partial charge < -0.3 is 11.1 Å². The molecule has 0 heterocycles. The first kappa shape index (κ1) is 13.9. The van der Waals surface area contributed by atoms with Crippen LogP contribution in [0, 0.1) is 11.3 Å². The first-order valence-electron chi connectivity index (χ1n) is 7.55. The first-order chi connectivity index (χ1) is 8.49. The van der Waals surface area contributed by atoms with Crippen LogP contribution in [-0.4, -0.2) is 18.0 Å². The van der Waals surface area contributed by atoms with E-state index in [0.717, 1.165) is 32.1 Å². The highest BCUT2D eigenvalue weighted by atomic mass is 16.2. The Morgan fingerprint density at radius 3 is 2.39 bits per heavy atom. The van der Waals surface area contributed by atoms with E-state index in [-0.39, 0.29) is 11.3 Å². The average molecular weight is 252 g/mol. The molecule has 0 aromatic rings. The minimum Gasteiger partial charge on any atom is -0.353 e.